The number of hydrogen-bond acceptors (Lipinski definition) is 16. The van der Waals surface area contributed by atoms with E-state index in [-0.39, 0.29) is 55.3 Å². The van der Waals surface area contributed by atoms with Crippen LogP contribution in [0.15, 0.2) is 43.0 Å². The van der Waals surface area contributed by atoms with Crippen LogP contribution < -0.4 is 43.4 Å². The summed E-state index contributed by atoms with van der Waals surface area (Å²) in [5.74, 6) is -6.33. The molecule has 25 heteroatoms. The number of nitrogens with one attached hydrogen (secondary N) is 7. The van der Waals surface area contributed by atoms with Gasteiger partial charge in [-0.05, 0) is 18.4 Å². The highest BCUT2D eigenvalue weighted by atomic mass is 16.6. The third-order valence-electron chi connectivity index (χ3n) is 8.96. The Balaban J connectivity index is 1.44. The first-order valence-electron chi connectivity index (χ1n) is 18.1. The van der Waals surface area contributed by atoms with Gasteiger partial charge in [0.15, 0.2) is 23.7 Å². The van der Waals surface area contributed by atoms with Crippen LogP contribution in [0.2, 0.25) is 0 Å². The maximum atomic E-state index is 13.8. The Morgan fingerprint density at radius 2 is 1.59 bits per heavy atom. The van der Waals surface area contributed by atoms with Crippen molar-refractivity contribution in [2.24, 2.45) is 5.73 Å². The summed E-state index contributed by atoms with van der Waals surface area (Å²) in [6, 6.07) is 2.61. The minimum absolute atomic E-state index is 0.00408. The Morgan fingerprint density at radius 3 is 2.27 bits per heavy atom. The Morgan fingerprint density at radius 1 is 0.881 bits per heavy atom. The van der Waals surface area contributed by atoms with Gasteiger partial charge in [0.05, 0.1) is 25.9 Å². The molecule has 1 unspecified atom stereocenters. The first kappa shape index (κ1) is 45.2. The molecule has 4 rings (SSSR count). The first-order chi connectivity index (χ1) is 28.1. The maximum absolute atomic E-state index is 13.8. The summed E-state index contributed by atoms with van der Waals surface area (Å²) in [5, 5.41) is 71.2. The highest BCUT2D eigenvalue weighted by Crippen LogP contribution is 2.20. The van der Waals surface area contributed by atoms with Crippen LogP contribution in [-0.2, 0) is 46.5 Å². The van der Waals surface area contributed by atoms with Gasteiger partial charge in [-0.3, -0.25) is 34.2 Å². The second-order valence-corrected chi connectivity index (χ2v) is 13.4. The molecular formula is C34H47N13O12. The number of benzene rings is 1. The van der Waals surface area contributed by atoms with Gasteiger partial charge in [0.2, 0.25) is 29.5 Å². The van der Waals surface area contributed by atoms with Crippen LogP contribution >= 0.6 is 0 Å². The van der Waals surface area contributed by atoms with Gasteiger partial charge in [-0.15, -0.1) is 0 Å². The third kappa shape index (κ3) is 13.0. The van der Waals surface area contributed by atoms with Crippen molar-refractivity contribution in [2.45, 2.75) is 81.0 Å². The van der Waals surface area contributed by atoms with Crippen LogP contribution in [0.25, 0.3) is 11.2 Å². The number of aliphatic hydroxyl groups excluding tert-OH is 4. The summed E-state index contributed by atoms with van der Waals surface area (Å²) >= 11 is 0. The molecule has 0 aliphatic carbocycles. The molecule has 3 aromatic rings. The highest BCUT2D eigenvalue weighted by molar-refractivity contribution is 5.95. The quantitative estimate of drug-likeness (QED) is 0.0286. The Kier molecular flexibility index (Phi) is 16.3. The molecule has 0 bridgehead atoms. The number of carboxylic acid groups (broad SMARTS) is 1. The predicted octanol–water partition coefficient (Wildman–Crippen LogP) is -6.12. The summed E-state index contributed by atoms with van der Waals surface area (Å²) in [5.41, 5.74) is 12.4. The monoisotopic (exact) mass is 829 g/mol. The van der Waals surface area contributed by atoms with E-state index < -0.39 is 104 Å². The molecule has 59 heavy (non-hydrogen) atoms. The molecule has 16 N–H and O–H groups in total. The van der Waals surface area contributed by atoms with Crippen molar-refractivity contribution >= 4 is 58.4 Å². The number of imidazole rings is 1. The molecular weight excluding hydrogens is 782 g/mol. The van der Waals surface area contributed by atoms with E-state index in [1.54, 1.807) is 30.3 Å². The number of aromatic nitrogens is 4. The number of aliphatic hydroxyl groups is 4. The van der Waals surface area contributed by atoms with E-state index in [1.165, 1.54) is 17.2 Å². The van der Waals surface area contributed by atoms with Gasteiger partial charge in [-0.25, -0.2) is 15.0 Å². The fraction of sp³-hybridized carbons (Fsp3) is 0.471. The molecule has 5 amide bonds. The van der Waals surface area contributed by atoms with Crippen molar-refractivity contribution in [1.82, 2.24) is 51.4 Å². The Hall–Kier alpha value is -6.54. The summed E-state index contributed by atoms with van der Waals surface area (Å²) in [7, 11) is 0. The van der Waals surface area contributed by atoms with Gasteiger partial charge in [-0.1, -0.05) is 30.3 Å². The van der Waals surface area contributed by atoms with Gasteiger partial charge >= 0.3 is 5.97 Å². The minimum atomic E-state index is -1.93. The molecule has 0 saturated carbocycles. The molecule has 1 fully saturated rings. The normalized spacial score (nSPS) is 20.3. The van der Waals surface area contributed by atoms with Crippen molar-refractivity contribution in [3.05, 3.63) is 48.5 Å². The van der Waals surface area contributed by atoms with Gasteiger partial charge < -0.3 is 78.2 Å². The van der Waals surface area contributed by atoms with Crippen molar-refractivity contribution in [3.8, 4) is 0 Å². The predicted molar refractivity (Wildman–Crippen MR) is 202 cm³/mol. The smallest absolute Gasteiger partial charge is 0.305 e. The van der Waals surface area contributed by atoms with E-state index >= 15 is 0 Å². The van der Waals surface area contributed by atoms with Gasteiger partial charge in [0.25, 0.3) is 0 Å². The third-order valence-corrected chi connectivity index (χ3v) is 8.96. The number of guanidine groups is 1. The molecule has 2 aromatic heterocycles. The molecule has 0 radical (unpaired) electrons. The summed E-state index contributed by atoms with van der Waals surface area (Å²) in [4.78, 5) is 90.3. The molecule has 1 aromatic carbocycles. The van der Waals surface area contributed by atoms with Crippen LogP contribution in [0, 0.1) is 5.41 Å². The number of carboxylic acids is 1. The molecule has 8 atom stereocenters. The lowest BCUT2D eigenvalue weighted by Gasteiger charge is -2.40. The number of amides is 5. The average Bonchev–Trinajstić information content (AvgIpc) is 3.60. The SMILES string of the molecule is N=C(N)NCCC[C@H](NC(=O)[C@H](Cc1ccccc1)NC(=O)Cn1cnc2c(N)ncnc21)C(=O)NCC(=O)N[C@@H](CC(=O)O)C(=O)N[C@H]1C(O)O[C@H](CO)[C@@H](O)[C@@H]1O. The number of nitrogens with two attached hydrogens (primary N) is 2. The topological polar surface area (TPSA) is 404 Å². The number of carbonyl (C=O) groups excluding carboxylic acids is 5. The second kappa shape index (κ2) is 21.3. The molecule has 3 heterocycles. The van der Waals surface area contributed by atoms with Gasteiger partial charge in [0, 0.05) is 13.0 Å². The Labute approximate surface area is 334 Å². The Bertz CT molecular complexity index is 1970. The minimum Gasteiger partial charge on any atom is -0.481 e. The average molecular weight is 830 g/mol. The lowest BCUT2D eigenvalue weighted by atomic mass is 9.96. The van der Waals surface area contributed by atoms with Gasteiger partial charge in [-0.2, -0.15) is 0 Å². The van der Waals surface area contributed by atoms with E-state index in [2.05, 4.69) is 46.9 Å². The first-order valence-corrected chi connectivity index (χ1v) is 18.1. The van der Waals surface area contributed by atoms with Gasteiger partial charge in [0.1, 0.15) is 60.9 Å². The summed E-state index contributed by atoms with van der Waals surface area (Å²) < 4.78 is 6.39. The molecule has 1 aliphatic rings. The zero-order chi connectivity index (χ0) is 43.2. The zero-order valence-corrected chi connectivity index (χ0v) is 31.4. The van der Waals surface area contributed by atoms with Crippen LogP contribution in [0.4, 0.5) is 5.82 Å². The highest BCUT2D eigenvalue weighted by Gasteiger charge is 2.45. The fourth-order valence-electron chi connectivity index (χ4n) is 5.98. The lowest BCUT2D eigenvalue weighted by Crippen LogP contribution is -2.66. The van der Waals surface area contributed by atoms with Crippen LogP contribution in [0.1, 0.15) is 24.8 Å². The maximum Gasteiger partial charge on any atom is 0.305 e. The van der Waals surface area contributed by atoms with E-state index in [9.17, 15) is 54.3 Å². The van der Waals surface area contributed by atoms with E-state index in [0.29, 0.717) is 5.56 Å². The fourth-order valence-corrected chi connectivity index (χ4v) is 5.98. The molecule has 0 spiro atoms. The number of hydrogen-bond donors (Lipinski definition) is 14. The number of nitrogens with zero attached hydrogens (tertiary/aromatic N) is 4. The van der Waals surface area contributed by atoms with Crippen molar-refractivity contribution in [3.63, 3.8) is 0 Å². The van der Waals surface area contributed by atoms with E-state index in [4.69, 9.17) is 21.6 Å². The molecule has 320 valence electrons. The summed E-state index contributed by atoms with van der Waals surface area (Å²) in [6.45, 7) is -1.80. The number of nitrogen functional groups attached to an aromatic ring is 1. The van der Waals surface area contributed by atoms with Crippen LogP contribution in [0.3, 0.4) is 0 Å². The molecule has 25 nitrogen and oxygen atoms in total. The van der Waals surface area contributed by atoms with E-state index in [0.717, 1.165) is 0 Å². The van der Waals surface area contributed by atoms with Crippen molar-refractivity contribution < 1.29 is 59.0 Å². The molecule has 1 saturated heterocycles. The zero-order valence-electron chi connectivity index (χ0n) is 31.4. The number of carbonyl (C=O) groups is 6. The second-order valence-electron chi connectivity index (χ2n) is 13.4. The van der Waals surface area contributed by atoms with Crippen molar-refractivity contribution in [1.29, 1.82) is 5.41 Å². The molecule has 1 aliphatic heterocycles. The summed E-state index contributed by atoms with van der Waals surface area (Å²) in [6.07, 6.45) is -5.24. The largest absolute Gasteiger partial charge is 0.481 e. The van der Waals surface area contributed by atoms with Crippen LogP contribution in [0.5, 0.6) is 0 Å². The van der Waals surface area contributed by atoms with Crippen molar-refractivity contribution in [2.75, 3.05) is 25.4 Å². The number of fused-ring (bicyclic) bond motifs is 1. The van der Waals surface area contributed by atoms with E-state index in [1.807, 2.05) is 0 Å². The van der Waals surface area contributed by atoms with Crippen LogP contribution in [-0.4, -0.2) is 155 Å². The number of rotatable bonds is 20. The number of anilines is 1. The number of ether oxygens (including phenoxy) is 1. The standard InChI is InChI=1S/C34H47N13O12/c35-28-25-29(41-14-40-28)47(15-42-25)12-22(50)44-18(9-16-5-2-1-3-6-16)31(56)45-17(7-4-8-38-34(36)37)30(55)39-11-21(49)43-19(10-23(51)52)32(57)46-24-27(54)26(53)20(13-48)59-33(24)58/h1-3,5-6,14-15,17-20,24,26-27,33,48,53-54,58H,4,7-13H2,(H,39,55)(H,43,49)(H,44,50)(H,45,56)(H,46,57)(H,51,52)(H2,35,40,41)(H4,36,37,38)/t17-,18-,19-,20+,24+,26+,27+,33?/m0/s1. The number of aliphatic carboxylic acids is 1. The lowest BCUT2D eigenvalue weighted by molar-refractivity contribution is -0.254.